The maximum atomic E-state index is 12.4. The van der Waals surface area contributed by atoms with E-state index in [9.17, 15) is 9.59 Å². The fourth-order valence-electron chi connectivity index (χ4n) is 4.22. The molecule has 2 bridgehead atoms. The Morgan fingerprint density at radius 2 is 1.55 bits per heavy atom. The molecule has 0 saturated heterocycles. The number of hydrogen-bond donors (Lipinski definition) is 0. The van der Waals surface area contributed by atoms with Crippen LogP contribution < -0.4 is 11.4 Å². The van der Waals surface area contributed by atoms with Crippen LogP contribution in [0, 0.1) is 11.8 Å². The molecule has 5 heteroatoms. The third kappa shape index (κ3) is 1.21. The zero-order chi connectivity index (χ0) is 15.0. The van der Waals surface area contributed by atoms with Crippen LogP contribution in [0.3, 0.4) is 0 Å². The molecule has 4 atom stereocenters. The van der Waals surface area contributed by atoms with Gasteiger partial charge in [-0.1, -0.05) is 48.6 Å². The molecular weight excluding hydrogens is 278 g/mol. The van der Waals surface area contributed by atoms with Gasteiger partial charge < -0.3 is 0 Å². The summed E-state index contributed by atoms with van der Waals surface area (Å²) in [5, 5.41) is 0. The molecule has 0 spiro atoms. The average Bonchev–Trinajstić information content (AvgIpc) is 2.75. The summed E-state index contributed by atoms with van der Waals surface area (Å²) in [7, 11) is 1.55. The molecule has 5 nitrogen and oxygen atoms in total. The van der Waals surface area contributed by atoms with E-state index < -0.39 is 0 Å². The van der Waals surface area contributed by atoms with Crippen molar-refractivity contribution in [1.29, 1.82) is 0 Å². The number of benzene rings is 1. The van der Waals surface area contributed by atoms with Crippen LogP contribution in [0.4, 0.5) is 0 Å². The summed E-state index contributed by atoms with van der Waals surface area (Å²) in [5.74, 6) is 0.599. The highest BCUT2D eigenvalue weighted by Gasteiger charge is 2.51. The van der Waals surface area contributed by atoms with Crippen LogP contribution in [0.2, 0.25) is 0 Å². The van der Waals surface area contributed by atoms with Crippen molar-refractivity contribution in [2.75, 3.05) is 0 Å². The van der Waals surface area contributed by atoms with Crippen molar-refractivity contribution in [3.8, 4) is 0 Å². The van der Waals surface area contributed by atoms with Gasteiger partial charge in [0.15, 0.2) is 0 Å². The fraction of sp³-hybridized carbons (Fsp3) is 0.294. The minimum absolute atomic E-state index is 0.0381. The number of nitrogens with zero attached hydrogens (tertiary/aromatic N) is 3. The van der Waals surface area contributed by atoms with E-state index in [4.69, 9.17) is 0 Å². The van der Waals surface area contributed by atoms with Gasteiger partial charge in [0.25, 0.3) is 0 Å². The lowest BCUT2D eigenvalue weighted by atomic mass is 9.62. The van der Waals surface area contributed by atoms with Gasteiger partial charge in [-0.05, 0) is 11.1 Å². The van der Waals surface area contributed by atoms with Crippen LogP contribution in [0.1, 0.15) is 17.6 Å². The molecule has 1 aromatic heterocycles. The van der Waals surface area contributed by atoms with Crippen molar-refractivity contribution in [1.82, 2.24) is 13.9 Å². The van der Waals surface area contributed by atoms with E-state index >= 15 is 0 Å². The van der Waals surface area contributed by atoms with Crippen LogP contribution in [0.5, 0.6) is 0 Å². The Morgan fingerprint density at radius 3 is 2.27 bits per heavy atom. The second kappa shape index (κ2) is 3.80. The molecule has 0 saturated carbocycles. The SMILES string of the molecule is Cn1c(=O)n2n(c1=O)[C@H]1C=C[C@H]2[C@H]2C=C(c3ccccc3)[C@H]21. The molecule has 0 N–H and O–H groups in total. The molecule has 6 rings (SSSR count). The van der Waals surface area contributed by atoms with Gasteiger partial charge in [-0.3, -0.25) is 0 Å². The van der Waals surface area contributed by atoms with Crippen molar-refractivity contribution >= 4 is 5.57 Å². The van der Waals surface area contributed by atoms with Gasteiger partial charge in [-0.2, -0.15) is 0 Å². The van der Waals surface area contributed by atoms with Gasteiger partial charge in [0, 0.05) is 18.9 Å². The summed E-state index contributed by atoms with van der Waals surface area (Å²) < 4.78 is 4.48. The average molecular weight is 293 g/mol. The molecular formula is C17H15N3O2. The molecule has 0 radical (unpaired) electrons. The minimum atomic E-state index is -0.220. The molecule has 1 aromatic carbocycles. The first kappa shape index (κ1) is 12.0. The van der Waals surface area contributed by atoms with Gasteiger partial charge >= 0.3 is 11.4 Å². The molecule has 22 heavy (non-hydrogen) atoms. The topological polar surface area (TPSA) is 48.9 Å². The first-order valence-electron chi connectivity index (χ1n) is 7.54. The van der Waals surface area contributed by atoms with Crippen molar-refractivity contribution < 1.29 is 0 Å². The number of allylic oxidation sites excluding steroid dienone is 4. The minimum Gasteiger partial charge on any atom is -0.246 e. The van der Waals surface area contributed by atoms with E-state index in [1.807, 2.05) is 18.2 Å². The third-order valence-corrected chi connectivity index (χ3v) is 5.28. The molecule has 2 aliphatic heterocycles. The quantitative estimate of drug-likeness (QED) is 0.745. The van der Waals surface area contributed by atoms with E-state index in [1.54, 1.807) is 16.4 Å². The van der Waals surface area contributed by atoms with Crippen LogP contribution >= 0.6 is 0 Å². The highest BCUT2D eigenvalue weighted by atomic mass is 16.2. The van der Waals surface area contributed by atoms with Crippen LogP contribution in [-0.2, 0) is 7.05 Å². The molecule has 0 unspecified atom stereocenters. The maximum absolute atomic E-state index is 12.4. The Morgan fingerprint density at radius 1 is 0.909 bits per heavy atom. The summed E-state index contributed by atoms with van der Waals surface area (Å²) in [5.41, 5.74) is 2.06. The van der Waals surface area contributed by atoms with Gasteiger partial charge in [0.1, 0.15) is 0 Å². The van der Waals surface area contributed by atoms with Gasteiger partial charge in [-0.25, -0.2) is 23.5 Å². The molecule has 0 fully saturated rings. The maximum Gasteiger partial charge on any atom is 0.347 e. The van der Waals surface area contributed by atoms with E-state index in [2.05, 4.69) is 30.4 Å². The monoisotopic (exact) mass is 293 g/mol. The predicted octanol–water partition coefficient (Wildman–Crippen LogP) is 1.34. The van der Waals surface area contributed by atoms with Crippen molar-refractivity contribution in [3.63, 3.8) is 0 Å². The highest BCUT2D eigenvalue weighted by Crippen LogP contribution is 2.56. The Balaban J connectivity index is 1.69. The standard InChI is InChI=1S/C17H15N3O2/c1-18-16(21)19-13-7-8-14(20(19)17(18)22)15-11(9-12(13)15)10-5-3-2-4-6-10/h2-9,12-15H,1H3/t12-,13+,14+,15-/m1/s1. The fourth-order valence-corrected chi connectivity index (χ4v) is 4.22. The number of hydrogen-bond acceptors (Lipinski definition) is 2. The first-order chi connectivity index (χ1) is 10.7. The van der Waals surface area contributed by atoms with Gasteiger partial charge in [-0.15, -0.1) is 0 Å². The molecule has 2 aromatic rings. The van der Waals surface area contributed by atoms with Crippen molar-refractivity contribution in [2.24, 2.45) is 18.9 Å². The van der Waals surface area contributed by atoms with E-state index in [0.29, 0.717) is 5.92 Å². The zero-order valence-electron chi connectivity index (χ0n) is 12.1. The molecule has 4 aliphatic rings. The summed E-state index contributed by atoms with van der Waals surface area (Å²) in [4.78, 5) is 24.7. The summed E-state index contributed by atoms with van der Waals surface area (Å²) >= 11 is 0. The Hall–Kier alpha value is -2.56. The van der Waals surface area contributed by atoms with E-state index in [1.165, 1.54) is 15.7 Å². The Kier molecular flexibility index (Phi) is 2.08. The Bertz CT molecular complexity index is 958. The summed E-state index contributed by atoms with van der Waals surface area (Å²) in [6.45, 7) is 0. The zero-order valence-corrected chi connectivity index (χ0v) is 12.1. The lowest BCUT2D eigenvalue weighted by Crippen LogP contribution is -2.51. The van der Waals surface area contributed by atoms with E-state index in [0.717, 1.165) is 0 Å². The smallest absolute Gasteiger partial charge is 0.246 e. The van der Waals surface area contributed by atoms with E-state index in [-0.39, 0.29) is 29.4 Å². The predicted molar refractivity (Wildman–Crippen MR) is 82.5 cm³/mol. The van der Waals surface area contributed by atoms with Crippen LogP contribution in [-0.4, -0.2) is 13.9 Å². The first-order valence-corrected chi connectivity index (χ1v) is 7.54. The van der Waals surface area contributed by atoms with Crippen molar-refractivity contribution in [2.45, 2.75) is 12.1 Å². The normalized spacial score (nSPS) is 30.5. The molecule has 110 valence electrons. The van der Waals surface area contributed by atoms with Gasteiger partial charge in [0.2, 0.25) is 0 Å². The molecule has 3 heterocycles. The van der Waals surface area contributed by atoms with Crippen molar-refractivity contribution in [3.05, 3.63) is 75.1 Å². The molecule has 0 amide bonds. The largest absolute Gasteiger partial charge is 0.347 e. The Labute approximate surface area is 126 Å². The lowest BCUT2D eigenvalue weighted by Gasteiger charge is -2.51. The summed E-state index contributed by atoms with van der Waals surface area (Å²) in [6, 6.07) is 10.2. The number of aromatic nitrogens is 3. The number of rotatable bonds is 1. The highest BCUT2D eigenvalue weighted by molar-refractivity contribution is 5.75. The second-order valence-corrected chi connectivity index (χ2v) is 6.27. The molecule has 2 aliphatic carbocycles. The van der Waals surface area contributed by atoms with Crippen LogP contribution in [0.15, 0.2) is 58.1 Å². The van der Waals surface area contributed by atoms with Gasteiger partial charge in [0.05, 0.1) is 12.1 Å². The second-order valence-electron chi connectivity index (χ2n) is 6.27. The third-order valence-electron chi connectivity index (χ3n) is 5.28. The lowest BCUT2D eigenvalue weighted by molar-refractivity contribution is 0.147. The summed E-state index contributed by atoms with van der Waals surface area (Å²) in [6.07, 6.45) is 6.42. The van der Waals surface area contributed by atoms with Crippen LogP contribution in [0.25, 0.3) is 5.57 Å².